The average Bonchev–Trinajstić information content (AvgIpc) is 2.38. The maximum Gasteiger partial charge on any atom is 0.126 e. The molecule has 2 rings (SSSR count). The van der Waals surface area contributed by atoms with Crippen LogP contribution in [0.3, 0.4) is 0 Å². The Bertz CT molecular complexity index is 543. The lowest BCUT2D eigenvalue weighted by Gasteiger charge is -2.06. The van der Waals surface area contributed by atoms with Gasteiger partial charge in [0, 0.05) is 17.7 Å². The number of hydrogen-bond acceptors (Lipinski definition) is 3. The molecule has 94 valence electrons. The molecule has 1 aromatic carbocycles. The van der Waals surface area contributed by atoms with Crippen molar-refractivity contribution in [1.29, 1.82) is 0 Å². The fourth-order valence-electron chi connectivity index (χ4n) is 1.58. The third-order valence-corrected chi connectivity index (χ3v) is 3.89. The molecule has 0 saturated heterocycles. The topological polar surface area (TPSA) is 24.9 Å². The summed E-state index contributed by atoms with van der Waals surface area (Å²) in [4.78, 5) is 5.70. The number of thioether (sulfide) groups is 1. The molecule has 0 aliphatic rings. The van der Waals surface area contributed by atoms with Gasteiger partial charge in [-0.3, -0.25) is 0 Å². The highest BCUT2D eigenvalue weighted by Gasteiger charge is 2.04. The molecule has 2 aromatic rings. The number of aryl methyl sites for hydroxylation is 1. The number of benzene rings is 1. The Hall–Kier alpha value is -1.19. The highest BCUT2D eigenvalue weighted by atomic mass is 35.5. The summed E-state index contributed by atoms with van der Waals surface area (Å²) in [5.41, 5.74) is 2.18. The van der Waals surface area contributed by atoms with E-state index in [0.717, 1.165) is 17.3 Å². The van der Waals surface area contributed by atoms with Crippen molar-refractivity contribution < 1.29 is 0 Å². The fraction of sp³-hybridized carbons (Fsp3) is 0.214. The van der Waals surface area contributed by atoms with Crippen LogP contribution in [0.1, 0.15) is 11.3 Å². The Balaban J connectivity index is 2.10. The van der Waals surface area contributed by atoms with Crippen molar-refractivity contribution in [2.75, 3.05) is 12.4 Å². The van der Waals surface area contributed by atoms with Crippen LogP contribution < -0.4 is 5.32 Å². The number of halogens is 1. The summed E-state index contributed by atoms with van der Waals surface area (Å²) in [5.74, 6) is 1.62. The van der Waals surface area contributed by atoms with E-state index in [1.807, 2.05) is 19.2 Å². The van der Waals surface area contributed by atoms with Gasteiger partial charge in [-0.05, 0) is 31.2 Å². The van der Waals surface area contributed by atoms with Gasteiger partial charge in [0.2, 0.25) is 0 Å². The number of nitrogens with zero attached hydrogens (tertiary/aromatic N) is 1. The van der Waals surface area contributed by atoms with Crippen LogP contribution >= 0.6 is 23.4 Å². The highest BCUT2D eigenvalue weighted by Crippen LogP contribution is 2.26. The molecule has 4 heteroatoms. The second-order valence-electron chi connectivity index (χ2n) is 3.98. The van der Waals surface area contributed by atoms with E-state index in [1.54, 1.807) is 11.8 Å². The summed E-state index contributed by atoms with van der Waals surface area (Å²) < 4.78 is 0. The van der Waals surface area contributed by atoms with E-state index in [1.165, 1.54) is 10.5 Å². The minimum atomic E-state index is 0.717. The lowest BCUT2D eigenvalue weighted by atomic mass is 10.2. The molecule has 1 N–H and O–H groups in total. The maximum absolute atomic E-state index is 6.15. The van der Waals surface area contributed by atoms with Gasteiger partial charge in [-0.1, -0.05) is 29.3 Å². The quantitative estimate of drug-likeness (QED) is 0.840. The van der Waals surface area contributed by atoms with Crippen molar-refractivity contribution in [1.82, 2.24) is 4.98 Å². The summed E-state index contributed by atoms with van der Waals surface area (Å²) in [5, 5.41) is 3.74. The van der Waals surface area contributed by atoms with E-state index >= 15 is 0 Å². The third-order valence-electron chi connectivity index (χ3n) is 2.54. The Morgan fingerprint density at radius 1 is 1.28 bits per heavy atom. The normalized spacial score (nSPS) is 10.4. The molecule has 0 aliphatic carbocycles. The first-order chi connectivity index (χ1) is 8.69. The largest absolute Gasteiger partial charge is 0.373 e. The molecule has 0 unspecified atom stereocenters. The van der Waals surface area contributed by atoms with Gasteiger partial charge in [0.1, 0.15) is 5.82 Å². The van der Waals surface area contributed by atoms with E-state index in [4.69, 9.17) is 11.6 Å². The van der Waals surface area contributed by atoms with Gasteiger partial charge in [-0.25, -0.2) is 4.98 Å². The molecule has 2 nitrogen and oxygen atoms in total. The minimum Gasteiger partial charge on any atom is -0.373 e. The standard InChI is InChI=1S/C14H15ClN2S/c1-10-4-3-5-11(8-10)18-9-13-12(15)6-7-14(16-2)17-13/h3-8H,9H2,1-2H3,(H,16,17). The van der Waals surface area contributed by atoms with Gasteiger partial charge in [-0.15, -0.1) is 11.8 Å². The van der Waals surface area contributed by atoms with E-state index < -0.39 is 0 Å². The minimum absolute atomic E-state index is 0.717. The van der Waals surface area contributed by atoms with Gasteiger partial charge < -0.3 is 5.32 Å². The second-order valence-corrected chi connectivity index (χ2v) is 5.44. The van der Waals surface area contributed by atoms with Crippen LogP contribution in [0.5, 0.6) is 0 Å². The summed E-state index contributed by atoms with van der Waals surface area (Å²) in [6.07, 6.45) is 0. The zero-order valence-electron chi connectivity index (χ0n) is 10.4. The van der Waals surface area contributed by atoms with E-state index in [0.29, 0.717) is 5.02 Å². The molecule has 0 fully saturated rings. The van der Waals surface area contributed by atoms with Gasteiger partial charge in [0.25, 0.3) is 0 Å². The Morgan fingerprint density at radius 2 is 2.11 bits per heavy atom. The molecule has 0 amide bonds. The van der Waals surface area contributed by atoms with Crippen LogP contribution in [-0.2, 0) is 5.75 Å². The third kappa shape index (κ3) is 3.40. The molecule has 0 aliphatic heterocycles. The fourth-order valence-corrected chi connectivity index (χ4v) is 2.80. The first-order valence-electron chi connectivity index (χ1n) is 5.71. The molecule has 0 spiro atoms. The summed E-state index contributed by atoms with van der Waals surface area (Å²) in [7, 11) is 1.85. The van der Waals surface area contributed by atoms with Crippen molar-refractivity contribution in [3.63, 3.8) is 0 Å². The Kier molecular flexibility index (Phi) is 4.50. The predicted molar refractivity (Wildman–Crippen MR) is 79.5 cm³/mol. The molecule has 18 heavy (non-hydrogen) atoms. The van der Waals surface area contributed by atoms with E-state index in [-0.39, 0.29) is 0 Å². The van der Waals surface area contributed by atoms with Crippen LogP contribution in [-0.4, -0.2) is 12.0 Å². The predicted octanol–water partition coefficient (Wildman–Crippen LogP) is 4.38. The Labute approximate surface area is 117 Å². The van der Waals surface area contributed by atoms with Gasteiger partial charge >= 0.3 is 0 Å². The van der Waals surface area contributed by atoms with Crippen molar-refractivity contribution >= 4 is 29.2 Å². The number of pyridine rings is 1. The molecular formula is C14H15ClN2S. The van der Waals surface area contributed by atoms with Crippen molar-refractivity contribution in [2.45, 2.75) is 17.6 Å². The second kappa shape index (κ2) is 6.12. The van der Waals surface area contributed by atoms with Crippen LogP contribution in [0.4, 0.5) is 5.82 Å². The van der Waals surface area contributed by atoms with Crippen LogP contribution in [0.25, 0.3) is 0 Å². The van der Waals surface area contributed by atoms with Gasteiger partial charge in [-0.2, -0.15) is 0 Å². The molecular weight excluding hydrogens is 264 g/mol. The van der Waals surface area contributed by atoms with Gasteiger partial charge in [0.05, 0.1) is 10.7 Å². The van der Waals surface area contributed by atoms with Crippen molar-refractivity contribution in [2.24, 2.45) is 0 Å². The highest BCUT2D eigenvalue weighted by molar-refractivity contribution is 7.98. The summed E-state index contributed by atoms with van der Waals surface area (Å²) in [6, 6.07) is 12.2. The number of aromatic nitrogens is 1. The van der Waals surface area contributed by atoms with Gasteiger partial charge in [0.15, 0.2) is 0 Å². The lowest BCUT2D eigenvalue weighted by Crippen LogP contribution is -1.96. The number of rotatable bonds is 4. The van der Waals surface area contributed by atoms with Crippen LogP contribution in [0.2, 0.25) is 5.02 Å². The number of nitrogens with one attached hydrogen (secondary N) is 1. The van der Waals surface area contributed by atoms with Crippen LogP contribution in [0.15, 0.2) is 41.3 Å². The zero-order valence-corrected chi connectivity index (χ0v) is 12.0. The number of anilines is 1. The molecule has 1 aromatic heterocycles. The SMILES string of the molecule is CNc1ccc(Cl)c(CSc2cccc(C)c2)n1. The molecule has 1 heterocycles. The molecule has 0 saturated carbocycles. The number of hydrogen-bond donors (Lipinski definition) is 1. The summed E-state index contributed by atoms with van der Waals surface area (Å²) >= 11 is 7.89. The average molecular weight is 279 g/mol. The van der Waals surface area contributed by atoms with Crippen molar-refractivity contribution in [3.05, 3.63) is 52.7 Å². The molecule has 0 radical (unpaired) electrons. The monoisotopic (exact) mass is 278 g/mol. The lowest BCUT2D eigenvalue weighted by molar-refractivity contribution is 1.16. The zero-order chi connectivity index (χ0) is 13.0. The molecule has 0 atom stereocenters. The van der Waals surface area contributed by atoms with Crippen LogP contribution in [0, 0.1) is 6.92 Å². The maximum atomic E-state index is 6.15. The Morgan fingerprint density at radius 3 is 2.83 bits per heavy atom. The summed E-state index contributed by atoms with van der Waals surface area (Å²) in [6.45, 7) is 2.09. The van der Waals surface area contributed by atoms with E-state index in [2.05, 4.69) is 41.5 Å². The first-order valence-corrected chi connectivity index (χ1v) is 7.08. The first kappa shape index (κ1) is 13.2. The van der Waals surface area contributed by atoms with Crippen molar-refractivity contribution in [3.8, 4) is 0 Å². The van der Waals surface area contributed by atoms with E-state index in [9.17, 15) is 0 Å². The smallest absolute Gasteiger partial charge is 0.126 e. The molecule has 0 bridgehead atoms.